The number of aliphatic hydroxyl groups is 1. The maximum atomic E-state index is 14.1. The van der Waals surface area contributed by atoms with Gasteiger partial charge in [0.05, 0.1) is 5.69 Å². The molecule has 1 atom stereocenters. The van der Waals surface area contributed by atoms with Gasteiger partial charge < -0.3 is 14.9 Å². The lowest BCUT2D eigenvalue weighted by Crippen LogP contribution is -2.04. The molecule has 176 valence electrons. The number of phenolic OH excluding ortho intramolecular Hbond substituents is 1. The molecule has 0 aliphatic carbocycles. The Labute approximate surface area is 197 Å². The summed E-state index contributed by atoms with van der Waals surface area (Å²) in [5.41, 5.74) is 1.59. The molecule has 6 nitrogen and oxygen atoms in total. The smallest absolute Gasteiger partial charge is 0.234 e. The summed E-state index contributed by atoms with van der Waals surface area (Å²) < 4.78 is 48.2. The van der Waals surface area contributed by atoms with E-state index in [0.717, 1.165) is 24.3 Å². The Morgan fingerprint density at radius 2 is 1.54 bits per heavy atom. The number of fused-ring (bicyclic) bond motifs is 1. The second-order valence-corrected chi connectivity index (χ2v) is 7.86. The van der Waals surface area contributed by atoms with Crippen molar-refractivity contribution < 1.29 is 28.1 Å². The molecule has 0 spiro atoms. The van der Waals surface area contributed by atoms with E-state index in [-0.39, 0.29) is 29.3 Å². The monoisotopic (exact) mass is 477 g/mol. The topological polar surface area (TPSA) is 79.9 Å². The van der Waals surface area contributed by atoms with Crippen LogP contribution in [0.1, 0.15) is 22.9 Å². The molecule has 0 saturated heterocycles. The standard InChI is InChI=1S/C26H18F3N3O3/c27-16-1-5-20(6-2-16)35-14-19-13-32-12-15(11-30-26(32)31-19)21-7-3-17(28)9-22(21)25(34)23-10-18(29)4-8-24(23)33/h1-13,25,33-34H,14H2. The highest BCUT2D eigenvalue weighted by Crippen LogP contribution is 2.36. The van der Waals surface area contributed by atoms with E-state index < -0.39 is 17.7 Å². The Morgan fingerprint density at radius 3 is 2.31 bits per heavy atom. The second kappa shape index (κ2) is 9.11. The van der Waals surface area contributed by atoms with Crippen molar-refractivity contribution in [2.24, 2.45) is 0 Å². The molecule has 0 aliphatic heterocycles. The van der Waals surface area contributed by atoms with Crippen molar-refractivity contribution in [1.29, 1.82) is 0 Å². The number of aliphatic hydroxyl groups excluding tert-OH is 1. The van der Waals surface area contributed by atoms with E-state index in [0.29, 0.717) is 28.3 Å². The Kier molecular flexibility index (Phi) is 5.84. The van der Waals surface area contributed by atoms with Gasteiger partial charge in [0, 0.05) is 29.7 Å². The zero-order valence-corrected chi connectivity index (χ0v) is 18.1. The van der Waals surface area contributed by atoms with E-state index in [1.54, 1.807) is 16.8 Å². The predicted molar refractivity (Wildman–Crippen MR) is 121 cm³/mol. The first-order valence-corrected chi connectivity index (χ1v) is 10.6. The first kappa shape index (κ1) is 22.4. The van der Waals surface area contributed by atoms with Crippen molar-refractivity contribution in [2.45, 2.75) is 12.7 Å². The van der Waals surface area contributed by atoms with Crippen LogP contribution in [0.25, 0.3) is 16.9 Å². The molecule has 0 amide bonds. The van der Waals surface area contributed by atoms with Crippen molar-refractivity contribution in [2.75, 3.05) is 0 Å². The molecule has 0 fully saturated rings. The van der Waals surface area contributed by atoms with Gasteiger partial charge in [-0.25, -0.2) is 23.1 Å². The summed E-state index contributed by atoms with van der Waals surface area (Å²) in [5, 5.41) is 21.0. The molecule has 9 heteroatoms. The number of ether oxygens (including phenoxy) is 1. The zero-order valence-electron chi connectivity index (χ0n) is 18.1. The van der Waals surface area contributed by atoms with Gasteiger partial charge in [-0.15, -0.1) is 0 Å². The second-order valence-electron chi connectivity index (χ2n) is 7.86. The van der Waals surface area contributed by atoms with Gasteiger partial charge in [0.15, 0.2) is 0 Å². The lowest BCUT2D eigenvalue weighted by atomic mass is 9.93. The molecule has 5 aromatic rings. The van der Waals surface area contributed by atoms with Crippen LogP contribution >= 0.6 is 0 Å². The fourth-order valence-electron chi connectivity index (χ4n) is 3.77. The van der Waals surface area contributed by atoms with Crippen LogP contribution in [-0.2, 0) is 6.61 Å². The fraction of sp³-hybridized carbons (Fsp3) is 0.0769. The molecule has 1 unspecified atom stereocenters. The van der Waals surface area contributed by atoms with E-state index >= 15 is 0 Å². The fourth-order valence-corrected chi connectivity index (χ4v) is 3.77. The van der Waals surface area contributed by atoms with Crippen molar-refractivity contribution in [3.05, 3.63) is 114 Å². The van der Waals surface area contributed by atoms with E-state index in [1.807, 2.05) is 0 Å². The molecule has 0 bridgehead atoms. The molecular weight excluding hydrogens is 459 g/mol. The maximum Gasteiger partial charge on any atom is 0.234 e. The van der Waals surface area contributed by atoms with Crippen LogP contribution < -0.4 is 4.74 Å². The minimum Gasteiger partial charge on any atom is -0.508 e. The first-order chi connectivity index (χ1) is 16.9. The third-order valence-corrected chi connectivity index (χ3v) is 5.46. The average molecular weight is 477 g/mol. The van der Waals surface area contributed by atoms with Crippen molar-refractivity contribution in [3.8, 4) is 22.6 Å². The van der Waals surface area contributed by atoms with E-state index in [1.165, 1.54) is 42.6 Å². The van der Waals surface area contributed by atoms with Gasteiger partial charge in [-0.3, -0.25) is 4.40 Å². The molecule has 2 heterocycles. The number of benzene rings is 3. The number of rotatable bonds is 6. The van der Waals surface area contributed by atoms with Crippen molar-refractivity contribution in [3.63, 3.8) is 0 Å². The first-order valence-electron chi connectivity index (χ1n) is 10.6. The molecule has 5 rings (SSSR count). The Balaban J connectivity index is 1.47. The summed E-state index contributed by atoms with van der Waals surface area (Å²) >= 11 is 0. The van der Waals surface area contributed by atoms with Gasteiger partial charge in [-0.1, -0.05) is 6.07 Å². The highest BCUT2D eigenvalue weighted by Gasteiger charge is 2.21. The largest absolute Gasteiger partial charge is 0.508 e. The maximum absolute atomic E-state index is 14.1. The highest BCUT2D eigenvalue weighted by molar-refractivity contribution is 5.68. The molecule has 0 aliphatic rings. The van der Waals surface area contributed by atoms with Gasteiger partial charge in [0.25, 0.3) is 0 Å². The van der Waals surface area contributed by atoms with Gasteiger partial charge in [-0.05, 0) is 65.7 Å². The Morgan fingerprint density at radius 1 is 0.857 bits per heavy atom. The number of hydrogen-bond donors (Lipinski definition) is 2. The zero-order chi connectivity index (χ0) is 24.5. The number of halogens is 3. The lowest BCUT2D eigenvalue weighted by Gasteiger charge is -2.17. The van der Waals surface area contributed by atoms with E-state index in [9.17, 15) is 23.4 Å². The third-order valence-electron chi connectivity index (χ3n) is 5.46. The van der Waals surface area contributed by atoms with Gasteiger partial charge >= 0.3 is 0 Å². The van der Waals surface area contributed by atoms with Crippen LogP contribution in [0.2, 0.25) is 0 Å². The van der Waals surface area contributed by atoms with Gasteiger partial charge in [0.2, 0.25) is 5.78 Å². The molecule has 2 N–H and O–H groups in total. The molecule has 0 saturated carbocycles. The number of aromatic hydroxyl groups is 1. The molecule has 2 aromatic heterocycles. The van der Waals surface area contributed by atoms with E-state index in [2.05, 4.69) is 9.97 Å². The predicted octanol–water partition coefficient (Wildman–Crippen LogP) is 5.18. The van der Waals surface area contributed by atoms with Crippen LogP contribution in [-0.4, -0.2) is 24.6 Å². The summed E-state index contributed by atoms with van der Waals surface area (Å²) in [4.78, 5) is 8.72. The molecular formula is C26H18F3N3O3. The van der Waals surface area contributed by atoms with Crippen molar-refractivity contribution >= 4 is 5.78 Å². The molecule has 0 radical (unpaired) electrons. The molecule has 3 aromatic carbocycles. The minimum absolute atomic E-state index is 0.0891. The third kappa shape index (κ3) is 4.67. The summed E-state index contributed by atoms with van der Waals surface area (Å²) in [6, 6.07) is 12.6. The highest BCUT2D eigenvalue weighted by atomic mass is 19.1. The number of aromatic nitrogens is 3. The van der Waals surface area contributed by atoms with Gasteiger partial charge in [0.1, 0.15) is 41.7 Å². The van der Waals surface area contributed by atoms with Crippen molar-refractivity contribution in [1.82, 2.24) is 14.4 Å². The SMILES string of the molecule is Oc1ccc(F)cc1C(O)c1cc(F)ccc1-c1cnc2nc(COc3ccc(F)cc3)cn2c1. The van der Waals surface area contributed by atoms with Crippen LogP contribution in [0.15, 0.2) is 79.3 Å². The van der Waals surface area contributed by atoms with Crippen LogP contribution in [0, 0.1) is 17.5 Å². The quantitative estimate of drug-likeness (QED) is 0.352. The summed E-state index contributed by atoms with van der Waals surface area (Å²) in [5.74, 6) is -1.05. The van der Waals surface area contributed by atoms with Crippen LogP contribution in [0.4, 0.5) is 13.2 Å². The normalized spacial score (nSPS) is 12.1. The Hall–Kier alpha value is -4.37. The minimum atomic E-state index is -1.49. The van der Waals surface area contributed by atoms with Crippen LogP contribution in [0.5, 0.6) is 11.5 Å². The number of phenols is 1. The average Bonchev–Trinajstić information content (AvgIpc) is 3.27. The summed E-state index contributed by atoms with van der Waals surface area (Å²) in [7, 11) is 0. The van der Waals surface area contributed by atoms with Gasteiger partial charge in [-0.2, -0.15) is 0 Å². The number of hydrogen-bond acceptors (Lipinski definition) is 5. The van der Waals surface area contributed by atoms with Crippen LogP contribution in [0.3, 0.4) is 0 Å². The number of nitrogens with zero attached hydrogens (tertiary/aromatic N) is 3. The summed E-state index contributed by atoms with van der Waals surface area (Å²) in [6.07, 6.45) is 3.43. The number of imidazole rings is 1. The Bertz CT molecular complexity index is 1520. The lowest BCUT2D eigenvalue weighted by molar-refractivity contribution is 0.215. The van der Waals surface area contributed by atoms with E-state index in [4.69, 9.17) is 4.74 Å². The molecule has 35 heavy (non-hydrogen) atoms. The summed E-state index contributed by atoms with van der Waals surface area (Å²) in [6.45, 7) is 0.129.